The van der Waals surface area contributed by atoms with E-state index >= 15 is 0 Å². The fraction of sp³-hybridized carbons (Fsp3) is 0.286. The summed E-state index contributed by atoms with van der Waals surface area (Å²) in [6, 6.07) is 19.7. The normalized spacial score (nSPS) is 15.8. The summed E-state index contributed by atoms with van der Waals surface area (Å²) in [6.45, 7) is 2.86. The predicted octanol–water partition coefficient (Wildman–Crippen LogP) is 3.18. The zero-order chi connectivity index (χ0) is 17.8. The van der Waals surface area contributed by atoms with Crippen molar-refractivity contribution < 1.29 is 14.3 Å². The third-order valence-corrected chi connectivity index (χ3v) is 4.56. The molecule has 0 amide bonds. The monoisotopic (exact) mass is 350 g/mol. The van der Waals surface area contributed by atoms with Crippen LogP contribution >= 0.6 is 0 Å². The molecule has 1 atom stereocenters. The molecule has 4 rings (SSSR count). The molecule has 1 saturated heterocycles. The Labute approximate surface area is 152 Å². The minimum absolute atomic E-state index is 0.337. The van der Waals surface area contributed by atoms with E-state index in [1.54, 1.807) is 0 Å². The quantitative estimate of drug-likeness (QED) is 0.766. The SMILES string of the molecule is O[C@@H](c1ccccc1)c1nc(Cc2ccccc2)c(N2CCOCC2)o1. The fourth-order valence-electron chi connectivity index (χ4n) is 3.17. The first-order valence-corrected chi connectivity index (χ1v) is 8.90. The molecule has 0 spiro atoms. The summed E-state index contributed by atoms with van der Waals surface area (Å²) < 4.78 is 11.5. The molecule has 5 nitrogen and oxygen atoms in total. The van der Waals surface area contributed by atoms with Gasteiger partial charge in [-0.2, -0.15) is 0 Å². The van der Waals surface area contributed by atoms with Crippen molar-refractivity contribution in [2.45, 2.75) is 12.5 Å². The van der Waals surface area contributed by atoms with Crippen LogP contribution in [0.4, 0.5) is 5.88 Å². The molecule has 2 heterocycles. The molecule has 0 aliphatic carbocycles. The summed E-state index contributed by atoms with van der Waals surface area (Å²) in [6.07, 6.45) is -0.209. The van der Waals surface area contributed by atoms with Crippen molar-refractivity contribution in [3.05, 3.63) is 83.4 Å². The Morgan fingerprint density at radius 1 is 0.962 bits per heavy atom. The van der Waals surface area contributed by atoms with E-state index in [9.17, 15) is 5.11 Å². The predicted molar refractivity (Wildman–Crippen MR) is 99.3 cm³/mol. The molecule has 1 N–H and O–H groups in total. The minimum atomic E-state index is -0.875. The van der Waals surface area contributed by atoms with Gasteiger partial charge in [0.05, 0.1) is 13.2 Å². The second-order valence-electron chi connectivity index (χ2n) is 6.38. The summed E-state index contributed by atoms with van der Waals surface area (Å²) in [7, 11) is 0. The van der Waals surface area contributed by atoms with E-state index in [0.717, 1.165) is 35.8 Å². The molecule has 1 aromatic heterocycles. The Morgan fingerprint density at radius 2 is 1.62 bits per heavy atom. The van der Waals surface area contributed by atoms with Gasteiger partial charge in [-0.3, -0.25) is 0 Å². The number of ether oxygens (including phenoxy) is 1. The maximum absolute atomic E-state index is 10.7. The van der Waals surface area contributed by atoms with E-state index in [1.165, 1.54) is 0 Å². The number of hydrogen-bond acceptors (Lipinski definition) is 5. The molecular formula is C21H22N2O3. The molecule has 1 aliphatic heterocycles. The minimum Gasteiger partial charge on any atom is -0.422 e. The highest BCUT2D eigenvalue weighted by Crippen LogP contribution is 2.30. The number of hydrogen-bond donors (Lipinski definition) is 1. The molecule has 0 radical (unpaired) electrons. The number of anilines is 1. The van der Waals surface area contributed by atoms with Gasteiger partial charge in [-0.25, -0.2) is 4.98 Å². The smallest absolute Gasteiger partial charge is 0.230 e. The second kappa shape index (κ2) is 7.72. The van der Waals surface area contributed by atoms with Crippen molar-refractivity contribution in [1.29, 1.82) is 0 Å². The molecule has 0 unspecified atom stereocenters. The van der Waals surface area contributed by atoms with E-state index < -0.39 is 6.10 Å². The van der Waals surface area contributed by atoms with Gasteiger partial charge < -0.3 is 19.2 Å². The lowest BCUT2D eigenvalue weighted by Crippen LogP contribution is -2.36. The first-order valence-electron chi connectivity index (χ1n) is 8.90. The molecule has 1 aliphatic rings. The largest absolute Gasteiger partial charge is 0.422 e. The number of nitrogens with zero attached hydrogens (tertiary/aromatic N) is 2. The number of benzene rings is 2. The van der Waals surface area contributed by atoms with Crippen molar-refractivity contribution in [1.82, 2.24) is 4.98 Å². The standard InChI is InChI=1S/C21H22N2O3/c24-19(17-9-5-2-6-10-17)20-22-18(15-16-7-3-1-4-8-16)21(26-20)23-11-13-25-14-12-23/h1-10,19,24H,11-15H2/t19-/m0/s1. The van der Waals surface area contributed by atoms with Gasteiger partial charge in [0.15, 0.2) is 6.10 Å². The number of aliphatic hydroxyl groups is 1. The van der Waals surface area contributed by atoms with E-state index in [1.807, 2.05) is 48.5 Å². The first-order chi connectivity index (χ1) is 12.8. The summed E-state index contributed by atoms with van der Waals surface area (Å²) in [5.74, 6) is 1.07. The van der Waals surface area contributed by atoms with E-state index in [2.05, 4.69) is 22.0 Å². The van der Waals surface area contributed by atoms with E-state index in [-0.39, 0.29) is 0 Å². The summed E-state index contributed by atoms with van der Waals surface area (Å²) in [5.41, 5.74) is 2.78. The lowest BCUT2D eigenvalue weighted by atomic mass is 10.1. The Hall–Kier alpha value is -2.63. The summed E-state index contributed by atoms with van der Waals surface area (Å²) in [4.78, 5) is 6.81. The molecular weight excluding hydrogens is 328 g/mol. The van der Waals surface area contributed by atoms with Crippen molar-refractivity contribution in [3.63, 3.8) is 0 Å². The topological polar surface area (TPSA) is 58.7 Å². The average Bonchev–Trinajstić information content (AvgIpc) is 3.13. The van der Waals surface area contributed by atoms with Crippen LogP contribution in [-0.2, 0) is 11.2 Å². The van der Waals surface area contributed by atoms with Crippen molar-refractivity contribution >= 4 is 5.88 Å². The molecule has 5 heteroatoms. The van der Waals surface area contributed by atoms with Gasteiger partial charge in [-0.05, 0) is 11.1 Å². The molecule has 1 fully saturated rings. The highest BCUT2D eigenvalue weighted by molar-refractivity contribution is 5.44. The van der Waals surface area contributed by atoms with Crippen molar-refractivity contribution in [2.24, 2.45) is 0 Å². The molecule has 2 aromatic carbocycles. The van der Waals surface area contributed by atoms with Crippen LogP contribution in [0.15, 0.2) is 65.1 Å². The Morgan fingerprint density at radius 3 is 2.31 bits per heavy atom. The Kier molecular flexibility index (Phi) is 5.00. The summed E-state index contributed by atoms with van der Waals surface area (Å²) >= 11 is 0. The Bertz CT molecular complexity index is 827. The maximum atomic E-state index is 10.7. The van der Waals surface area contributed by atoms with Gasteiger partial charge in [-0.1, -0.05) is 60.7 Å². The van der Waals surface area contributed by atoms with Crippen LogP contribution in [0.2, 0.25) is 0 Å². The average molecular weight is 350 g/mol. The van der Waals surface area contributed by atoms with Crippen LogP contribution in [0.5, 0.6) is 0 Å². The van der Waals surface area contributed by atoms with Crippen LogP contribution in [0.25, 0.3) is 0 Å². The molecule has 0 bridgehead atoms. The Balaban J connectivity index is 1.67. The highest BCUT2D eigenvalue weighted by atomic mass is 16.5. The third-order valence-electron chi connectivity index (χ3n) is 4.56. The number of morpholine rings is 1. The fourth-order valence-corrected chi connectivity index (χ4v) is 3.17. The molecule has 0 saturated carbocycles. The van der Waals surface area contributed by atoms with Crippen LogP contribution in [-0.4, -0.2) is 36.4 Å². The van der Waals surface area contributed by atoms with Crippen molar-refractivity contribution in [2.75, 3.05) is 31.2 Å². The van der Waals surface area contributed by atoms with E-state index in [4.69, 9.17) is 9.15 Å². The maximum Gasteiger partial charge on any atom is 0.230 e. The van der Waals surface area contributed by atoms with Gasteiger partial charge >= 0.3 is 0 Å². The van der Waals surface area contributed by atoms with Crippen LogP contribution in [0.3, 0.4) is 0 Å². The zero-order valence-corrected chi connectivity index (χ0v) is 14.5. The number of aliphatic hydroxyl groups excluding tert-OH is 1. The van der Waals surface area contributed by atoms with Crippen LogP contribution in [0, 0.1) is 0 Å². The van der Waals surface area contributed by atoms with Crippen LogP contribution in [0.1, 0.15) is 28.8 Å². The first kappa shape index (κ1) is 16.8. The highest BCUT2D eigenvalue weighted by Gasteiger charge is 2.25. The number of aromatic nitrogens is 1. The zero-order valence-electron chi connectivity index (χ0n) is 14.5. The number of rotatable bonds is 5. The number of oxazole rings is 1. The summed E-state index contributed by atoms with van der Waals surface area (Å²) in [5, 5.41) is 10.7. The molecule has 134 valence electrons. The van der Waals surface area contributed by atoms with Gasteiger partial charge in [0.25, 0.3) is 0 Å². The van der Waals surface area contributed by atoms with Gasteiger partial charge in [0.2, 0.25) is 11.8 Å². The molecule has 3 aromatic rings. The lowest BCUT2D eigenvalue weighted by molar-refractivity contribution is 0.119. The van der Waals surface area contributed by atoms with Crippen LogP contribution < -0.4 is 4.90 Å². The molecule has 26 heavy (non-hydrogen) atoms. The lowest BCUT2D eigenvalue weighted by Gasteiger charge is -2.26. The van der Waals surface area contributed by atoms with Gasteiger partial charge in [0.1, 0.15) is 5.69 Å². The van der Waals surface area contributed by atoms with E-state index in [0.29, 0.717) is 25.5 Å². The second-order valence-corrected chi connectivity index (χ2v) is 6.38. The van der Waals surface area contributed by atoms with Gasteiger partial charge in [0, 0.05) is 19.5 Å². The van der Waals surface area contributed by atoms with Crippen molar-refractivity contribution in [3.8, 4) is 0 Å². The van der Waals surface area contributed by atoms with Gasteiger partial charge in [-0.15, -0.1) is 0 Å². The third kappa shape index (κ3) is 3.64.